The Labute approximate surface area is 139 Å². The van der Waals surface area contributed by atoms with Crippen molar-refractivity contribution in [1.29, 1.82) is 0 Å². The fourth-order valence-corrected chi connectivity index (χ4v) is 2.51. The monoisotopic (exact) mass is 326 g/mol. The Morgan fingerprint density at radius 2 is 2.04 bits per heavy atom. The average Bonchev–Trinajstić information content (AvgIpc) is 3.26. The number of amides is 1. The van der Waals surface area contributed by atoms with Crippen LogP contribution in [-0.4, -0.2) is 28.7 Å². The van der Waals surface area contributed by atoms with Crippen LogP contribution in [0.3, 0.4) is 0 Å². The molecule has 0 spiro atoms. The summed E-state index contributed by atoms with van der Waals surface area (Å²) in [6, 6.07) is 7.77. The van der Waals surface area contributed by atoms with Gasteiger partial charge in [0.15, 0.2) is 11.5 Å². The third-order valence-electron chi connectivity index (χ3n) is 3.89. The highest BCUT2D eigenvalue weighted by Gasteiger charge is 2.24. The van der Waals surface area contributed by atoms with E-state index in [0.29, 0.717) is 29.9 Å². The third kappa shape index (κ3) is 3.24. The van der Waals surface area contributed by atoms with Crippen LogP contribution >= 0.6 is 0 Å². The maximum absolute atomic E-state index is 12.1. The summed E-state index contributed by atoms with van der Waals surface area (Å²) in [5, 5.41) is 6.17. The normalized spacial score (nSPS) is 15.2. The Balaban J connectivity index is 1.45. The molecule has 1 aromatic carbocycles. The van der Waals surface area contributed by atoms with Crippen molar-refractivity contribution in [2.75, 3.05) is 12.1 Å². The Bertz CT molecular complexity index is 789. The zero-order valence-electron chi connectivity index (χ0n) is 13.3. The molecule has 4 rings (SSSR count). The van der Waals surface area contributed by atoms with E-state index < -0.39 is 0 Å². The van der Waals surface area contributed by atoms with Crippen molar-refractivity contribution in [3.05, 3.63) is 41.3 Å². The predicted molar refractivity (Wildman–Crippen MR) is 87.1 cm³/mol. The molecule has 1 aromatic heterocycles. The number of nitrogens with zero attached hydrogens (tertiary/aromatic N) is 2. The minimum Gasteiger partial charge on any atom is -0.454 e. The summed E-state index contributed by atoms with van der Waals surface area (Å²) >= 11 is 0. The van der Waals surface area contributed by atoms with Gasteiger partial charge >= 0.3 is 0 Å². The zero-order valence-corrected chi connectivity index (χ0v) is 13.3. The molecule has 0 bridgehead atoms. The SMILES string of the molecule is Cc1nc(NCc2ccc3c(c2)OCO3)cc(C(=O)NC2CC2)n1. The Kier molecular flexibility index (Phi) is 3.68. The molecular weight excluding hydrogens is 308 g/mol. The number of hydrogen-bond acceptors (Lipinski definition) is 6. The van der Waals surface area contributed by atoms with Crippen LogP contribution in [-0.2, 0) is 6.54 Å². The lowest BCUT2D eigenvalue weighted by Gasteiger charge is -2.09. The average molecular weight is 326 g/mol. The maximum atomic E-state index is 12.1. The maximum Gasteiger partial charge on any atom is 0.270 e. The molecule has 0 saturated heterocycles. The van der Waals surface area contributed by atoms with Crippen LogP contribution in [0.15, 0.2) is 24.3 Å². The molecular formula is C17H18N4O3. The number of anilines is 1. The number of benzene rings is 1. The molecule has 7 nitrogen and oxygen atoms in total. The number of aromatic nitrogens is 2. The molecule has 0 unspecified atom stereocenters. The number of ether oxygens (including phenoxy) is 2. The Morgan fingerprint density at radius 3 is 2.88 bits per heavy atom. The molecule has 7 heteroatoms. The lowest BCUT2D eigenvalue weighted by molar-refractivity contribution is 0.0945. The first kappa shape index (κ1) is 14.7. The third-order valence-corrected chi connectivity index (χ3v) is 3.89. The highest BCUT2D eigenvalue weighted by atomic mass is 16.7. The number of carbonyl (C=O) groups is 1. The highest BCUT2D eigenvalue weighted by molar-refractivity contribution is 5.93. The Morgan fingerprint density at radius 1 is 1.21 bits per heavy atom. The second-order valence-corrected chi connectivity index (χ2v) is 5.97. The highest BCUT2D eigenvalue weighted by Crippen LogP contribution is 2.32. The van der Waals surface area contributed by atoms with E-state index in [1.807, 2.05) is 18.2 Å². The van der Waals surface area contributed by atoms with Crippen molar-refractivity contribution in [3.8, 4) is 11.5 Å². The van der Waals surface area contributed by atoms with Crippen LogP contribution in [0.4, 0.5) is 5.82 Å². The second kappa shape index (κ2) is 5.99. The van der Waals surface area contributed by atoms with Crippen molar-refractivity contribution >= 4 is 11.7 Å². The van der Waals surface area contributed by atoms with E-state index in [1.54, 1.807) is 13.0 Å². The van der Waals surface area contributed by atoms with Gasteiger partial charge in [-0.3, -0.25) is 4.79 Å². The molecule has 0 radical (unpaired) electrons. The van der Waals surface area contributed by atoms with E-state index in [9.17, 15) is 4.79 Å². The molecule has 2 aliphatic rings. The zero-order chi connectivity index (χ0) is 16.5. The van der Waals surface area contributed by atoms with Crippen LogP contribution in [0.5, 0.6) is 11.5 Å². The second-order valence-electron chi connectivity index (χ2n) is 5.97. The minimum absolute atomic E-state index is 0.144. The Hall–Kier alpha value is -2.83. The largest absolute Gasteiger partial charge is 0.454 e. The summed E-state index contributed by atoms with van der Waals surface area (Å²) in [5.41, 5.74) is 1.43. The molecule has 24 heavy (non-hydrogen) atoms. The lowest BCUT2D eigenvalue weighted by atomic mass is 10.2. The van der Waals surface area contributed by atoms with Gasteiger partial charge in [0.05, 0.1) is 0 Å². The van der Waals surface area contributed by atoms with Crippen LogP contribution in [0, 0.1) is 6.92 Å². The van der Waals surface area contributed by atoms with Crippen LogP contribution < -0.4 is 20.1 Å². The fourth-order valence-electron chi connectivity index (χ4n) is 2.51. The van der Waals surface area contributed by atoms with Gasteiger partial charge in [0, 0.05) is 18.7 Å². The van der Waals surface area contributed by atoms with Gasteiger partial charge in [-0.05, 0) is 37.5 Å². The van der Waals surface area contributed by atoms with Crippen molar-refractivity contribution < 1.29 is 14.3 Å². The molecule has 1 saturated carbocycles. The van der Waals surface area contributed by atoms with Crippen LogP contribution in [0.2, 0.25) is 0 Å². The quantitative estimate of drug-likeness (QED) is 0.874. The molecule has 1 fully saturated rings. The van der Waals surface area contributed by atoms with E-state index in [-0.39, 0.29) is 12.7 Å². The van der Waals surface area contributed by atoms with Crippen molar-refractivity contribution in [2.24, 2.45) is 0 Å². The standard InChI is InChI=1S/C17H18N4O3/c1-10-19-13(17(22)21-12-3-4-12)7-16(20-10)18-8-11-2-5-14-15(6-11)24-9-23-14/h2,5-7,12H,3-4,8-9H2,1H3,(H,21,22)(H,18,19,20). The molecule has 1 amide bonds. The first-order valence-corrected chi connectivity index (χ1v) is 7.96. The molecule has 124 valence electrons. The number of carbonyl (C=O) groups excluding carboxylic acids is 1. The number of fused-ring (bicyclic) bond motifs is 1. The van der Waals surface area contributed by atoms with Gasteiger partial charge in [0.1, 0.15) is 17.3 Å². The summed E-state index contributed by atoms with van der Waals surface area (Å²) in [4.78, 5) is 20.7. The summed E-state index contributed by atoms with van der Waals surface area (Å²) in [5.74, 6) is 2.55. The lowest BCUT2D eigenvalue weighted by Crippen LogP contribution is -2.26. The van der Waals surface area contributed by atoms with Gasteiger partial charge in [-0.1, -0.05) is 6.07 Å². The number of nitrogens with one attached hydrogen (secondary N) is 2. The van der Waals surface area contributed by atoms with Gasteiger partial charge < -0.3 is 20.1 Å². The van der Waals surface area contributed by atoms with E-state index in [2.05, 4.69) is 20.6 Å². The molecule has 1 aliphatic heterocycles. The van der Waals surface area contributed by atoms with Gasteiger partial charge in [-0.25, -0.2) is 9.97 Å². The fraction of sp³-hybridized carbons (Fsp3) is 0.353. The molecule has 1 aliphatic carbocycles. The summed E-state index contributed by atoms with van der Waals surface area (Å²) in [6.45, 7) is 2.60. The van der Waals surface area contributed by atoms with Crippen molar-refractivity contribution in [3.63, 3.8) is 0 Å². The topological polar surface area (TPSA) is 85.4 Å². The van der Waals surface area contributed by atoms with Gasteiger partial charge in [-0.15, -0.1) is 0 Å². The smallest absolute Gasteiger partial charge is 0.270 e. The minimum atomic E-state index is -0.144. The predicted octanol–water partition coefficient (Wildman–Crippen LogP) is 2.02. The summed E-state index contributed by atoms with van der Waals surface area (Å²) < 4.78 is 10.7. The number of aryl methyl sites for hydroxylation is 1. The van der Waals surface area contributed by atoms with E-state index in [1.165, 1.54) is 0 Å². The first-order valence-electron chi connectivity index (χ1n) is 7.96. The first-order chi connectivity index (χ1) is 11.7. The van der Waals surface area contributed by atoms with Crippen molar-refractivity contribution in [1.82, 2.24) is 15.3 Å². The van der Waals surface area contributed by atoms with Crippen LogP contribution in [0.25, 0.3) is 0 Å². The van der Waals surface area contributed by atoms with Gasteiger partial charge in [0.25, 0.3) is 5.91 Å². The summed E-state index contributed by atoms with van der Waals surface area (Å²) in [6.07, 6.45) is 2.09. The number of rotatable bonds is 5. The molecule has 2 heterocycles. The van der Waals surface area contributed by atoms with Crippen molar-refractivity contribution in [2.45, 2.75) is 32.4 Å². The number of hydrogen-bond donors (Lipinski definition) is 2. The summed E-state index contributed by atoms with van der Waals surface area (Å²) in [7, 11) is 0. The van der Waals surface area contributed by atoms with E-state index in [0.717, 1.165) is 29.9 Å². The van der Waals surface area contributed by atoms with Gasteiger partial charge in [-0.2, -0.15) is 0 Å². The molecule has 0 atom stereocenters. The molecule has 2 N–H and O–H groups in total. The van der Waals surface area contributed by atoms with Gasteiger partial charge in [0.2, 0.25) is 6.79 Å². The van der Waals surface area contributed by atoms with Crippen LogP contribution in [0.1, 0.15) is 34.7 Å². The molecule has 2 aromatic rings. The van der Waals surface area contributed by atoms with E-state index >= 15 is 0 Å². The van der Waals surface area contributed by atoms with E-state index in [4.69, 9.17) is 9.47 Å².